The molecule has 8 heteroatoms. The molecule has 4 rings (SSSR count). The smallest absolute Gasteiger partial charge is 0.327 e. The second-order valence-corrected chi connectivity index (χ2v) is 11.4. The molecule has 34 heavy (non-hydrogen) atoms. The Morgan fingerprint density at radius 2 is 2.00 bits per heavy atom. The van der Waals surface area contributed by atoms with Gasteiger partial charge in [-0.2, -0.15) is 12.6 Å². The molecule has 0 aliphatic heterocycles. The van der Waals surface area contributed by atoms with Crippen molar-refractivity contribution >= 4 is 30.2 Å². The van der Waals surface area contributed by atoms with Crippen LogP contribution in [0.3, 0.4) is 0 Å². The van der Waals surface area contributed by atoms with E-state index in [1.165, 1.54) is 5.57 Å². The predicted octanol–water partition coefficient (Wildman–Crippen LogP) is 3.19. The molecule has 0 aromatic rings. The topological polar surface area (TPSA) is 108 Å². The quantitative estimate of drug-likeness (QED) is 0.261. The fraction of sp³-hybridized carbons (Fsp3) is 0.731. The molecule has 0 unspecified atom stereocenters. The van der Waals surface area contributed by atoms with Crippen molar-refractivity contribution in [1.82, 2.24) is 5.32 Å². The van der Waals surface area contributed by atoms with Gasteiger partial charge in [0, 0.05) is 11.2 Å². The lowest BCUT2D eigenvalue weighted by Crippen LogP contribution is -2.54. The standard InChI is InChI=1S/C26H36N2O5S/c1-4-26(32)12-9-20-18-6-5-16-13-17(28-33-14-22(29)27-21(15-34)23(30)31)7-10-24(16,2)19(18)8-11-25(20,26)3/h1,13,18-21,32,34H,5-12,14-15H2,2-3H3,(H,27,29)(H,30,31)/b28-17+/t18-,19+,20+,21+,24+,25+,26-/m1/s1. The van der Waals surface area contributed by atoms with E-state index in [1.807, 2.05) is 0 Å². The van der Waals surface area contributed by atoms with Crippen LogP contribution >= 0.6 is 12.6 Å². The largest absolute Gasteiger partial charge is 0.480 e. The lowest BCUT2D eigenvalue weighted by molar-refractivity contribution is -0.141. The molecule has 0 spiro atoms. The molecule has 0 aromatic heterocycles. The Labute approximate surface area is 207 Å². The third-order valence-electron chi connectivity index (χ3n) is 9.56. The number of nitrogens with one attached hydrogen (secondary N) is 1. The molecule has 4 aliphatic rings. The molecule has 186 valence electrons. The summed E-state index contributed by atoms with van der Waals surface area (Å²) in [6.45, 7) is 4.27. The number of aliphatic carboxylic acids is 1. The van der Waals surface area contributed by atoms with Gasteiger partial charge < -0.3 is 20.4 Å². The van der Waals surface area contributed by atoms with Crippen LogP contribution in [-0.4, -0.2) is 51.8 Å². The number of nitrogens with zero attached hydrogens (tertiary/aromatic N) is 1. The van der Waals surface area contributed by atoms with E-state index in [4.69, 9.17) is 16.4 Å². The lowest BCUT2D eigenvalue weighted by Gasteiger charge is -2.58. The van der Waals surface area contributed by atoms with Crippen LogP contribution < -0.4 is 5.32 Å². The minimum atomic E-state index is -1.13. The first-order valence-corrected chi connectivity index (χ1v) is 12.9. The maximum Gasteiger partial charge on any atom is 0.327 e. The average molecular weight is 489 g/mol. The monoisotopic (exact) mass is 488 g/mol. The molecule has 0 heterocycles. The van der Waals surface area contributed by atoms with Crippen LogP contribution in [0.2, 0.25) is 0 Å². The van der Waals surface area contributed by atoms with E-state index in [-0.39, 0.29) is 23.2 Å². The van der Waals surface area contributed by atoms with Gasteiger partial charge in [0.2, 0.25) is 0 Å². The van der Waals surface area contributed by atoms with Gasteiger partial charge in [-0.3, -0.25) is 4.79 Å². The molecular weight excluding hydrogens is 452 g/mol. The second-order valence-electron chi connectivity index (χ2n) is 11.0. The number of amides is 1. The zero-order valence-corrected chi connectivity index (χ0v) is 20.9. The minimum Gasteiger partial charge on any atom is -0.480 e. The maximum absolute atomic E-state index is 11.9. The average Bonchev–Trinajstić information content (AvgIpc) is 3.08. The van der Waals surface area contributed by atoms with Gasteiger partial charge in [-0.1, -0.05) is 30.5 Å². The summed E-state index contributed by atoms with van der Waals surface area (Å²) in [5.74, 6) is 2.71. The number of carboxylic acids is 1. The van der Waals surface area contributed by atoms with E-state index >= 15 is 0 Å². The Kier molecular flexibility index (Phi) is 6.82. The summed E-state index contributed by atoms with van der Waals surface area (Å²) in [7, 11) is 0. The number of carboxylic acid groups (broad SMARTS) is 1. The fourth-order valence-electron chi connectivity index (χ4n) is 7.49. The fourth-order valence-corrected chi connectivity index (χ4v) is 7.74. The molecule has 7 atom stereocenters. The van der Waals surface area contributed by atoms with Crippen LogP contribution in [0.25, 0.3) is 0 Å². The van der Waals surface area contributed by atoms with E-state index < -0.39 is 23.5 Å². The number of fused-ring (bicyclic) bond motifs is 5. The zero-order chi connectivity index (χ0) is 24.7. The first-order chi connectivity index (χ1) is 16.1. The number of oxime groups is 1. The Morgan fingerprint density at radius 3 is 2.68 bits per heavy atom. The van der Waals surface area contributed by atoms with Crippen molar-refractivity contribution in [2.24, 2.45) is 33.7 Å². The van der Waals surface area contributed by atoms with Crippen molar-refractivity contribution < 1.29 is 24.6 Å². The van der Waals surface area contributed by atoms with Crippen LogP contribution in [0.1, 0.15) is 65.2 Å². The molecule has 3 fully saturated rings. The third-order valence-corrected chi connectivity index (χ3v) is 9.93. The molecule has 3 saturated carbocycles. The highest BCUT2D eigenvalue weighted by Crippen LogP contribution is 2.67. The number of aliphatic hydroxyl groups is 1. The van der Waals surface area contributed by atoms with Gasteiger partial charge in [0.05, 0.1) is 5.71 Å². The molecule has 7 nitrogen and oxygen atoms in total. The molecule has 0 aromatic carbocycles. The summed E-state index contributed by atoms with van der Waals surface area (Å²) in [5, 5.41) is 26.7. The number of carbonyl (C=O) groups is 2. The number of rotatable bonds is 6. The summed E-state index contributed by atoms with van der Waals surface area (Å²) < 4.78 is 0. The molecule has 0 bridgehead atoms. The Hall–Kier alpha value is -1.98. The highest BCUT2D eigenvalue weighted by atomic mass is 32.1. The summed E-state index contributed by atoms with van der Waals surface area (Å²) in [4.78, 5) is 28.2. The summed E-state index contributed by atoms with van der Waals surface area (Å²) >= 11 is 3.93. The van der Waals surface area contributed by atoms with Crippen molar-refractivity contribution in [3.8, 4) is 12.3 Å². The number of allylic oxidation sites excluding steroid dienone is 2. The van der Waals surface area contributed by atoms with Crippen molar-refractivity contribution in [1.29, 1.82) is 0 Å². The molecule has 0 saturated heterocycles. The van der Waals surface area contributed by atoms with Gasteiger partial charge in [0.1, 0.15) is 11.6 Å². The van der Waals surface area contributed by atoms with Crippen LogP contribution in [0, 0.1) is 40.9 Å². The predicted molar refractivity (Wildman–Crippen MR) is 132 cm³/mol. The SMILES string of the molecule is C#C[C@@]1(O)CC[C@H]2[C@@H]3CCC4=C/C(=N/OCC(=O)N[C@@H](CS)C(=O)O)CC[C@]4(C)[C@H]3CC[C@@]21C. The third kappa shape index (κ3) is 4.05. The molecule has 1 amide bonds. The van der Waals surface area contributed by atoms with Gasteiger partial charge in [0.25, 0.3) is 5.91 Å². The van der Waals surface area contributed by atoms with Crippen molar-refractivity contribution in [3.05, 3.63) is 11.6 Å². The molecular formula is C26H36N2O5S. The van der Waals surface area contributed by atoms with Gasteiger partial charge in [0.15, 0.2) is 6.61 Å². The van der Waals surface area contributed by atoms with Gasteiger partial charge in [-0.15, -0.1) is 6.42 Å². The Bertz CT molecular complexity index is 957. The molecule has 4 aliphatic carbocycles. The Balaban J connectivity index is 1.42. The van der Waals surface area contributed by atoms with E-state index in [0.717, 1.165) is 50.7 Å². The van der Waals surface area contributed by atoms with Crippen molar-refractivity contribution in [3.63, 3.8) is 0 Å². The number of hydrogen-bond donors (Lipinski definition) is 4. The van der Waals surface area contributed by atoms with Gasteiger partial charge >= 0.3 is 5.97 Å². The normalized spacial score (nSPS) is 40.7. The Morgan fingerprint density at radius 1 is 1.26 bits per heavy atom. The van der Waals surface area contributed by atoms with E-state index in [9.17, 15) is 14.7 Å². The van der Waals surface area contributed by atoms with Crippen molar-refractivity contribution in [2.75, 3.05) is 12.4 Å². The number of carbonyl (C=O) groups excluding carboxylic acids is 1. The van der Waals surface area contributed by atoms with E-state index in [2.05, 4.69) is 48.9 Å². The molecule has 3 N–H and O–H groups in total. The lowest BCUT2D eigenvalue weighted by atomic mass is 9.46. The van der Waals surface area contributed by atoms with Crippen LogP contribution in [0.5, 0.6) is 0 Å². The minimum absolute atomic E-state index is 0.00443. The summed E-state index contributed by atoms with van der Waals surface area (Å²) in [6, 6.07) is -1.05. The van der Waals surface area contributed by atoms with Crippen LogP contribution in [0.15, 0.2) is 16.8 Å². The maximum atomic E-state index is 11.9. The van der Waals surface area contributed by atoms with Crippen LogP contribution in [0.4, 0.5) is 0 Å². The van der Waals surface area contributed by atoms with Crippen molar-refractivity contribution in [2.45, 2.75) is 76.9 Å². The first kappa shape index (κ1) is 25.1. The highest BCUT2D eigenvalue weighted by molar-refractivity contribution is 7.80. The zero-order valence-electron chi connectivity index (χ0n) is 20.0. The van der Waals surface area contributed by atoms with Gasteiger partial charge in [-0.25, -0.2) is 4.79 Å². The van der Waals surface area contributed by atoms with E-state index in [1.54, 1.807) is 0 Å². The number of hydrogen-bond acceptors (Lipinski definition) is 6. The number of thiol groups is 1. The number of terminal acetylenes is 1. The second kappa shape index (κ2) is 9.23. The van der Waals surface area contributed by atoms with Crippen LogP contribution in [-0.2, 0) is 14.4 Å². The summed E-state index contributed by atoms with van der Waals surface area (Å²) in [6.07, 6.45) is 15.5. The first-order valence-electron chi connectivity index (χ1n) is 12.3. The van der Waals surface area contributed by atoms with Gasteiger partial charge in [-0.05, 0) is 80.6 Å². The molecule has 0 radical (unpaired) electrons. The highest BCUT2D eigenvalue weighted by Gasteiger charge is 2.63. The summed E-state index contributed by atoms with van der Waals surface area (Å²) in [5.41, 5.74) is 1.17. The van der Waals surface area contributed by atoms with E-state index in [0.29, 0.717) is 24.2 Å².